The molecule has 3 amide bonds. The van der Waals surface area contributed by atoms with Gasteiger partial charge in [0, 0.05) is 11.6 Å². The van der Waals surface area contributed by atoms with E-state index in [9.17, 15) is 24.3 Å². The van der Waals surface area contributed by atoms with E-state index in [0.717, 1.165) is 11.0 Å². The van der Waals surface area contributed by atoms with Crippen LogP contribution in [-0.2, 0) is 23.9 Å². The van der Waals surface area contributed by atoms with E-state index in [-0.39, 0.29) is 31.7 Å². The first kappa shape index (κ1) is 24.8. The van der Waals surface area contributed by atoms with Crippen LogP contribution in [0.15, 0.2) is 48.2 Å². The van der Waals surface area contributed by atoms with Gasteiger partial charge in [0.15, 0.2) is 0 Å². The van der Waals surface area contributed by atoms with E-state index >= 15 is 0 Å². The van der Waals surface area contributed by atoms with Crippen LogP contribution in [-0.4, -0.2) is 82.4 Å². The van der Waals surface area contributed by atoms with Crippen LogP contribution in [0.3, 0.4) is 0 Å². The number of hydrogen-bond donors (Lipinski definition) is 3. The van der Waals surface area contributed by atoms with Crippen LogP contribution in [0.5, 0.6) is 0 Å². The Hall–Kier alpha value is -3.83. The Kier molecular flexibility index (Phi) is 6.90. The van der Waals surface area contributed by atoms with Crippen molar-refractivity contribution >= 4 is 34.5 Å². The first-order valence-electron chi connectivity index (χ1n) is 12.2. The molecular formula is C26H28N4O7. The standard InChI is InChI=1S/C26H28N4O7/c1-14-6-7-16-12-36-13-20(23(32)29-19-11-21(31)37-26(19)35)30(16)25(34)18(10-14)28-24(33)22-17-5-3-2-4-15(17)8-9-27-22/h2-6,8-9,16,18-20,26,35H,7,10-13H2,1H3,(H,28,33)(H,29,32)/b14-6-/t16?,18?,19?,20-,26?/m0/s1. The van der Waals surface area contributed by atoms with Gasteiger partial charge in [-0.05, 0) is 31.2 Å². The molecule has 11 heteroatoms. The number of carbonyl (C=O) groups excluding carboxylic acids is 4. The highest BCUT2D eigenvalue weighted by Crippen LogP contribution is 2.25. The summed E-state index contributed by atoms with van der Waals surface area (Å²) in [7, 11) is 0. The van der Waals surface area contributed by atoms with Crippen LogP contribution in [0.2, 0.25) is 0 Å². The zero-order valence-corrected chi connectivity index (χ0v) is 20.3. The third-order valence-electron chi connectivity index (χ3n) is 6.94. The van der Waals surface area contributed by atoms with Gasteiger partial charge in [-0.2, -0.15) is 0 Å². The van der Waals surface area contributed by atoms with Crippen LogP contribution in [0, 0.1) is 0 Å². The van der Waals surface area contributed by atoms with Gasteiger partial charge in [0.2, 0.25) is 18.1 Å². The highest BCUT2D eigenvalue weighted by molar-refractivity contribution is 6.06. The molecule has 1 aromatic carbocycles. The Balaban J connectivity index is 1.40. The predicted octanol–water partition coefficient (Wildman–Crippen LogP) is 0.419. The highest BCUT2D eigenvalue weighted by atomic mass is 16.6. The smallest absolute Gasteiger partial charge is 0.310 e. The van der Waals surface area contributed by atoms with E-state index in [0.29, 0.717) is 11.8 Å². The number of aliphatic hydroxyl groups excluding tert-OH is 1. The maximum atomic E-state index is 13.9. The molecule has 0 bridgehead atoms. The fraction of sp³-hybridized carbons (Fsp3) is 0.423. The number of nitrogens with one attached hydrogen (secondary N) is 2. The van der Waals surface area contributed by atoms with E-state index in [2.05, 4.69) is 15.6 Å². The SMILES string of the molecule is C/C1=C/CC2COC[C@@H](C(=O)NC3CC(=O)OC3O)N2C(=O)C(NC(=O)c2nccc3ccccc23)C1. The minimum Gasteiger partial charge on any atom is -0.434 e. The van der Waals surface area contributed by atoms with Gasteiger partial charge in [0.25, 0.3) is 5.91 Å². The highest BCUT2D eigenvalue weighted by Gasteiger charge is 2.44. The maximum absolute atomic E-state index is 13.9. The lowest BCUT2D eigenvalue weighted by Gasteiger charge is -2.43. The second kappa shape index (κ2) is 10.3. The number of aromatic nitrogens is 1. The summed E-state index contributed by atoms with van der Waals surface area (Å²) in [4.78, 5) is 57.6. The molecular weight excluding hydrogens is 480 g/mol. The minimum atomic E-state index is -1.45. The molecule has 37 heavy (non-hydrogen) atoms. The molecule has 3 N–H and O–H groups in total. The van der Waals surface area contributed by atoms with E-state index in [4.69, 9.17) is 9.47 Å². The number of benzene rings is 1. The van der Waals surface area contributed by atoms with Crippen molar-refractivity contribution in [2.24, 2.45) is 0 Å². The van der Waals surface area contributed by atoms with Gasteiger partial charge in [-0.15, -0.1) is 0 Å². The molecule has 3 aliphatic heterocycles. The van der Waals surface area contributed by atoms with Crippen LogP contribution in [0.4, 0.5) is 0 Å². The molecule has 4 heterocycles. The maximum Gasteiger partial charge on any atom is 0.310 e. The lowest BCUT2D eigenvalue weighted by molar-refractivity contribution is -0.159. The molecule has 11 nitrogen and oxygen atoms in total. The fourth-order valence-corrected chi connectivity index (χ4v) is 5.04. The number of pyridine rings is 1. The normalized spacial score (nSPS) is 29.4. The first-order chi connectivity index (χ1) is 17.8. The topological polar surface area (TPSA) is 147 Å². The molecule has 5 rings (SSSR count). The zero-order chi connectivity index (χ0) is 26.1. The number of esters is 1. The minimum absolute atomic E-state index is 0.0556. The lowest BCUT2D eigenvalue weighted by atomic mass is 9.95. The first-order valence-corrected chi connectivity index (χ1v) is 12.2. The van der Waals surface area contributed by atoms with Crippen molar-refractivity contribution in [2.45, 2.75) is 56.6 Å². The number of amides is 3. The number of ether oxygens (including phenoxy) is 2. The monoisotopic (exact) mass is 508 g/mol. The summed E-state index contributed by atoms with van der Waals surface area (Å²) in [6.45, 7) is 2.07. The summed E-state index contributed by atoms with van der Waals surface area (Å²) in [6, 6.07) is 5.90. The molecule has 194 valence electrons. The summed E-state index contributed by atoms with van der Waals surface area (Å²) in [5.41, 5.74) is 1.14. The van der Waals surface area contributed by atoms with Crippen LogP contribution in [0.25, 0.3) is 10.8 Å². The number of aliphatic hydroxyl groups is 1. The Bertz CT molecular complexity index is 1270. The summed E-state index contributed by atoms with van der Waals surface area (Å²) in [5.74, 6) is -2.08. The Morgan fingerprint density at radius 1 is 1.11 bits per heavy atom. The van der Waals surface area contributed by atoms with Gasteiger partial charge in [-0.1, -0.05) is 35.9 Å². The van der Waals surface area contributed by atoms with Crippen molar-refractivity contribution in [2.75, 3.05) is 13.2 Å². The summed E-state index contributed by atoms with van der Waals surface area (Å²) in [6.07, 6.45) is 2.67. The number of cyclic esters (lactones) is 1. The average molecular weight is 509 g/mol. The van der Waals surface area contributed by atoms with E-state index in [1.54, 1.807) is 18.3 Å². The van der Waals surface area contributed by atoms with Crippen molar-refractivity contribution < 1.29 is 33.8 Å². The molecule has 0 saturated carbocycles. The fourth-order valence-electron chi connectivity index (χ4n) is 5.04. The van der Waals surface area contributed by atoms with Crippen molar-refractivity contribution in [3.05, 3.63) is 53.9 Å². The summed E-state index contributed by atoms with van der Waals surface area (Å²) in [5, 5.41) is 16.9. The predicted molar refractivity (Wildman–Crippen MR) is 130 cm³/mol. The summed E-state index contributed by atoms with van der Waals surface area (Å²) < 4.78 is 10.4. The number of morpholine rings is 1. The quantitative estimate of drug-likeness (QED) is 0.398. The van der Waals surface area contributed by atoms with Gasteiger partial charge in [-0.3, -0.25) is 24.2 Å². The van der Waals surface area contributed by atoms with Crippen LogP contribution >= 0.6 is 0 Å². The van der Waals surface area contributed by atoms with Crippen molar-refractivity contribution in [3.8, 4) is 0 Å². The van der Waals surface area contributed by atoms with E-state index in [1.165, 1.54) is 4.90 Å². The lowest BCUT2D eigenvalue weighted by Crippen LogP contribution is -2.65. The second-order valence-electron chi connectivity index (χ2n) is 9.55. The number of nitrogens with zero attached hydrogens (tertiary/aromatic N) is 2. The average Bonchev–Trinajstić information content (AvgIpc) is 3.21. The van der Waals surface area contributed by atoms with Crippen LogP contribution < -0.4 is 10.6 Å². The molecule has 3 aliphatic rings. The van der Waals surface area contributed by atoms with Gasteiger partial charge < -0.3 is 30.1 Å². The number of carbonyl (C=O) groups is 4. The van der Waals surface area contributed by atoms with Crippen molar-refractivity contribution in [1.29, 1.82) is 0 Å². The number of fused-ring (bicyclic) bond motifs is 2. The van der Waals surface area contributed by atoms with Gasteiger partial charge >= 0.3 is 5.97 Å². The Labute approximate surface area is 212 Å². The van der Waals surface area contributed by atoms with E-state index < -0.39 is 54.1 Å². The molecule has 5 atom stereocenters. The van der Waals surface area contributed by atoms with Crippen LogP contribution in [0.1, 0.15) is 36.7 Å². The molecule has 0 radical (unpaired) electrons. The molecule has 2 aromatic rings. The zero-order valence-electron chi connectivity index (χ0n) is 20.3. The molecule has 4 unspecified atom stereocenters. The number of hydrogen-bond acceptors (Lipinski definition) is 8. The largest absolute Gasteiger partial charge is 0.434 e. The molecule has 2 saturated heterocycles. The number of rotatable bonds is 4. The van der Waals surface area contributed by atoms with Crippen molar-refractivity contribution in [1.82, 2.24) is 20.5 Å². The molecule has 2 fully saturated rings. The van der Waals surface area contributed by atoms with Gasteiger partial charge in [-0.25, -0.2) is 0 Å². The molecule has 1 aromatic heterocycles. The Morgan fingerprint density at radius 3 is 2.70 bits per heavy atom. The summed E-state index contributed by atoms with van der Waals surface area (Å²) >= 11 is 0. The molecule has 0 aliphatic carbocycles. The molecule has 0 spiro atoms. The van der Waals surface area contributed by atoms with Crippen molar-refractivity contribution in [3.63, 3.8) is 0 Å². The Morgan fingerprint density at radius 2 is 1.92 bits per heavy atom. The van der Waals surface area contributed by atoms with Gasteiger partial charge in [0.05, 0.1) is 25.7 Å². The third kappa shape index (κ3) is 5.05. The van der Waals surface area contributed by atoms with Gasteiger partial charge in [0.1, 0.15) is 23.8 Å². The second-order valence-corrected chi connectivity index (χ2v) is 9.55. The van der Waals surface area contributed by atoms with E-state index in [1.807, 2.05) is 31.2 Å². The third-order valence-corrected chi connectivity index (χ3v) is 6.94.